The van der Waals surface area contributed by atoms with Crippen molar-refractivity contribution in [2.75, 3.05) is 19.5 Å². The van der Waals surface area contributed by atoms with Crippen molar-refractivity contribution < 1.29 is 9.26 Å². The smallest absolute Gasteiger partial charge is 0.260 e. The summed E-state index contributed by atoms with van der Waals surface area (Å²) in [4.78, 5) is 4.24. The maximum absolute atomic E-state index is 5.81. The standard InChI is InChI=1S/C11H13N3O2/c1-15-7-6-10-13-11(16-14-10)8-4-2-3-5-9(8)12/h2-5H,6-7,12H2,1H3. The summed E-state index contributed by atoms with van der Waals surface area (Å²) in [5.41, 5.74) is 7.20. The Hall–Kier alpha value is -1.88. The van der Waals surface area contributed by atoms with Gasteiger partial charge in [0.05, 0.1) is 12.2 Å². The molecule has 1 aromatic heterocycles. The first-order chi connectivity index (χ1) is 7.81. The minimum Gasteiger partial charge on any atom is -0.398 e. The van der Waals surface area contributed by atoms with Crippen molar-refractivity contribution in [1.82, 2.24) is 10.1 Å². The van der Waals surface area contributed by atoms with Crippen LogP contribution in [-0.4, -0.2) is 23.9 Å². The maximum Gasteiger partial charge on any atom is 0.260 e. The van der Waals surface area contributed by atoms with E-state index in [-0.39, 0.29) is 0 Å². The van der Waals surface area contributed by atoms with Crippen LogP contribution >= 0.6 is 0 Å². The Labute approximate surface area is 93.2 Å². The predicted molar refractivity (Wildman–Crippen MR) is 59.7 cm³/mol. The van der Waals surface area contributed by atoms with Gasteiger partial charge >= 0.3 is 0 Å². The molecule has 1 aromatic carbocycles. The Morgan fingerprint density at radius 1 is 1.38 bits per heavy atom. The first kappa shape index (κ1) is 10.6. The number of nitrogens with two attached hydrogens (primary N) is 1. The molecule has 16 heavy (non-hydrogen) atoms. The molecule has 0 unspecified atom stereocenters. The van der Waals surface area contributed by atoms with E-state index in [9.17, 15) is 0 Å². The largest absolute Gasteiger partial charge is 0.398 e. The summed E-state index contributed by atoms with van der Waals surface area (Å²) in [6.07, 6.45) is 0.632. The Morgan fingerprint density at radius 3 is 2.94 bits per heavy atom. The molecule has 0 atom stereocenters. The van der Waals surface area contributed by atoms with E-state index in [0.717, 1.165) is 5.56 Å². The molecule has 0 amide bonds. The normalized spacial score (nSPS) is 10.6. The molecule has 0 saturated carbocycles. The second kappa shape index (κ2) is 4.76. The highest BCUT2D eigenvalue weighted by atomic mass is 16.5. The molecule has 0 saturated heterocycles. The van der Waals surface area contributed by atoms with Gasteiger partial charge in [-0.25, -0.2) is 0 Å². The van der Waals surface area contributed by atoms with Crippen LogP contribution in [0.2, 0.25) is 0 Å². The molecule has 0 aliphatic heterocycles. The van der Waals surface area contributed by atoms with Crippen LogP contribution in [0.1, 0.15) is 5.82 Å². The zero-order valence-corrected chi connectivity index (χ0v) is 9.01. The van der Waals surface area contributed by atoms with Crippen LogP contribution in [-0.2, 0) is 11.2 Å². The van der Waals surface area contributed by atoms with Crippen LogP contribution in [0.3, 0.4) is 0 Å². The summed E-state index contributed by atoms with van der Waals surface area (Å²) in [5, 5.41) is 3.85. The Balaban J connectivity index is 2.22. The zero-order chi connectivity index (χ0) is 11.4. The van der Waals surface area contributed by atoms with E-state index >= 15 is 0 Å². The molecule has 0 aliphatic carbocycles. The summed E-state index contributed by atoms with van der Waals surface area (Å²) in [7, 11) is 1.64. The highest BCUT2D eigenvalue weighted by Crippen LogP contribution is 2.23. The Kier molecular flexibility index (Phi) is 3.16. The maximum atomic E-state index is 5.81. The zero-order valence-electron chi connectivity index (χ0n) is 9.01. The molecule has 2 N–H and O–H groups in total. The molecule has 5 nitrogen and oxygen atoms in total. The van der Waals surface area contributed by atoms with Gasteiger partial charge < -0.3 is 15.0 Å². The number of nitrogen functional groups attached to an aromatic ring is 1. The third kappa shape index (κ3) is 2.20. The molecular formula is C11H13N3O2. The van der Waals surface area contributed by atoms with E-state index in [0.29, 0.717) is 30.4 Å². The van der Waals surface area contributed by atoms with Crippen LogP contribution in [0.15, 0.2) is 28.8 Å². The van der Waals surface area contributed by atoms with Crippen molar-refractivity contribution in [1.29, 1.82) is 0 Å². The molecule has 2 rings (SSSR count). The lowest BCUT2D eigenvalue weighted by molar-refractivity contribution is 0.199. The Morgan fingerprint density at radius 2 is 2.19 bits per heavy atom. The van der Waals surface area contributed by atoms with E-state index in [1.54, 1.807) is 13.2 Å². The number of aromatic nitrogens is 2. The van der Waals surface area contributed by atoms with Crippen LogP contribution < -0.4 is 5.73 Å². The molecule has 1 heterocycles. The van der Waals surface area contributed by atoms with Gasteiger partial charge in [-0.1, -0.05) is 17.3 Å². The number of methoxy groups -OCH3 is 1. The van der Waals surface area contributed by atoms with Gasteiger partial charge in [-0.05, 0) is 12.1 Å². The summed E-state index contributed by atoms with van der Waals surface area (Å²) >= 11 is 0. The van der Waals surface area contributed by atoms with Crippen LogP contribution in [0.4, 0.5) is 5.69 Å². The number of nitrogens with zero attached hydrogens (tertiary/aromatic N) is 2. The molecule has 2 aromatic rings. The summed E-state index contributed by atoms with van der Waals surface area (Å²) in [6.45, 7) is 0.573. The molecular weight excluding hydrogens is 206 g/mol. The number of para-hydroxylation sites is 1. The average Bonchev–Trinajstić information content (AvgIpc) is 2.75. The van der Waals surface area contributed by atoms with E-state index in [1.807, 2.05) is 18.2 Å². The SMILES string of the molecule is COCCc1noc(-c2ccccc2N)n1. The summed E-state index contributed by atoms with van der Waals surface area (Å²) in [6, 6.07) is 7.39. The van der Waals surface area contributed by atoms with Gasteiger partial charge in [-0.15, -0.1) is 0 Å². The molecule has 0 radical (unpaired) electrons. The van der Waals surface area contributed by atoms with E-state index < -0.39 is 0 Å². The van der Waals surface area contributed by atoms with E-state index in [4.69, 9.17) is 15.0 Å². The number of hydrogen-bond acceptors (Lipinski definition) is 5. The minimum absolute atomic E-state index is 0.448. The van der Waals surface area contributed by atoms with Gasteiger partial charge in [0.15, 0.2) is 5.82 Å². The molecule has 0 aliphatic rings. The number of ether oxygens (including phenoxy) is 1. The molecule has 0 bridgehead atoms. The van der Waals surface area contributed by atoms with Crippen LogP contribution in [0.5, 0.6) is 0 Å². The summed E-state index contributed by atoms with van der Waals surface area (Å²) in [5.74, 6) is 1.07. The van der Waals surface area contributed by atoms with Crippen molar-refractivity contribution in [2.24, 2.45) is 0 Å². The van der Waals surface area contributed by atoms with Crippen LogP contribution in [0, 0.1) is 0 Å². The fourth-order valence-electron chi connectivity index (χ4n) is 1.35. The second-order valence-electron chi connectivity index (χ2n) is 3.35. The van der Waals surface area contributed by atoms with Gasteiger partial charge in [0.25, 0.3) is 5.89 Å². The van der Waals surface area contributed by atoms with Gasteiger partial charge in [-0.2, -0.15) is 4.98 Å². The van der Waals surface area contributed by atoms with Crippen molar-refractivity contribution in [3.63, 3.8) is 0 Å². The topological polar surface area (TPSA) is 74.2 Å². The lowest BCUT2D eigenvalue weighted by atomic mass is 10.2. The van der Waals surface area contributed by atoms with Crippen molar-refractivity contribution in [3.8, 4) is 11.5 Å². The number of rotatable bonds is 4. The van der Waals surface area contributed by atoms with Crippen LogP contribution in [0.25, 0.3) is 11.5 Å². The summed E-state index contributed by atoms with van der Waals surface area (Å²) < 4.78 is 10.1. The van der Waals surface area contributed by atoms with E-state index in [2.05, 4.69) is 10.1 Å². The van der Waals surface area contributed by atoms with Crippen molar-refractivity contribution in [3.05, 3.63) is 30.1 Å². The van der Waals surface area contributed by atoms with Gasteiger partial charge in [-0.3, -0.25) is 0 Å². The van der Waals surface area contributed by atoms with Gasteiger partial charge in [0.1, 0.15) is 0 Å². The third-order valence-corrected chi connectivity index (χ3v) is 2.19. The van der Waals surface area contributed by atoms with Crippen molar-refractivity contribution >= 4 is 5.69 Å². The average molecular weight is 219 g/mol. The quantitative estimate of drug-likeness (QED) is 0.789. The van der Waals surface area contributed by atoms with Gasteiger partial charge in [0, 0.05) is 19.2 Å². The lowest BCUT2D eigenvalue weighted by Crippen LogP contribution is -1.96. The first-order valence-corrected chi connectivity index (χ1v) is 4.97. The number of anilines is 1. The number of benzene rings is 1. The fraction of sp³-hybridized carbons (Fsp3) is 0.273. The highest BCUT2D eigenvalue weighted by Gasteiger charge is 2.10. The Bertz CT molecular complexity index is 468. The third-order valence-electron chi connectivity index (χ3n) is 2.19. The second-order valence-corrected chi connectivity index (χ2v) is 3.35. The predicted octanol–water partition coefficient (Wildman–Crippen LogP) is 1.51. The first-order valence-electron chi connectivity index (χ1n) is 4.97. The van der Waals surface area contributed by atoms with E-state index in [1.165, 1.54) is 0 Å². The monoisotopic (exact) mass is 219 g/mol. The number of hydrogen-bond donors (Lipinski definition) is 1. The molecule has 0 fully saturated rings. The molecule has 84 valence electrons. The highest BCUT2D eigenvalue weighted by molar-refractivity contribution is 5.69. The molecule has 0 spiro atoms. The fourth-order valence-corrected chi connectivity index (χ4v) is 1.35. The minimum atomic E-state index is 0.448. The lowest BCUT2D eigenvalue weighted by Gasteiger charge is -1.97. The van der Waals surface area contributed by atoms with Crippen molar-refractivity contribution in [2.45, 2.75) is 6.42 Å². The molecule has 5 heteroatoms. The van der Waals surface area contributed by atoms with Gasteiger partial charge in [0.2, 0.25) is 0 Å².